The third kappa shape index (κ3) is 4.78. The molecule has 0 aliphatic carbocycles. The quantitative estimate of drug-likeness (QED) is 0.700. The molecule has 0 N–H and O–H groups in total. The van der Waals surface area contributed by atoms with E-state index in [-0.39, 0.29) is 29.5 Å². The maximum absolute atomic E-state index is 13.3. The Morgan fingerprint density at radius 2 is 2.03 bits per heavy atom. The summed E-state index contributed by atoms with van der Waals surface area (Å²) in [6.07, 6.45) is -3.75. The number of aromatic nitrogens is 2. The summed E-state index contributed by atoms with van der Waals surface area (Å²) >= 11 is 0. The van der Waals surface area contributed by atoms with E-state index in [1.807, 2.05) is 4.90 Å². The number of carbonyl (C=O) groups excluding carboxylic acids is 1. The molecule has 2 heterocycles. The van der Waals surface area contributed by atoms with Crippen molar-refractivity contribution in [3.05, 3.63) is 46.8 Å². The highest BCUT2D eigenvalue weighted by Crippen LogP contribution is 2.38. The minimum Gasteiger partial charge on any atom is -0.493 e. The van der Waals surface area contributed by atoms with Crippen LogP contribution in [0.2, 0.25) is 0 Å². The lowest BCUT2D eigenvalue weighted by Crippen LogP contribution is -2.25. The number of esters is 1. The fourth-order valence-corrected chi connectivity index (χ4v) is 3.39. The zero-order valence-electron chi connectivity index (χ0n) is 16.4. The summed E-state index contributed by atoms with van der Waals surface area (Å²) < 4.78 is 50.2. The standard InChI is InChI=1S/C20H22F3N3O3/c1-12-5-4-6-16(17(12)20(21,22)23)29-11-14-7-8-26(10-14)19-24-13(2)9-15(25-19)18(27)28-3/h4-6,9,14H,7-8,10-11H2,1-3H3. The SMILES string of the molecule is COC(=O)c1cc(C)nc(N2CCC(COc3cccc(C)c3C(F)(F)F)C2)n1. The number of hydrogen-bond donors (Lipinski definition) is 0. The average molecular weight is 409 g/mol. The number of alkyl halides is 3. The summed E-state index contributed by atoms with van der Waals surface area (Å²) in [5.41, 5.74) is 0.195. The van der Waals surface area contributed by atoms with Gasteiger partial charge in [0.15, 0.2) is 5.69 Å². The number of ether oxygens (including phenoxy) is 2. The topological polar surface area (TPSA) is 64.5 Å². The van der Waals surface area contributed by atoms with E-state index in [1.165, 1.54) is 26.2 Å². The Bertz CT molecular complexity index is 902. The van der Waals surface area contributed by atoms with Crippen molar-refractivity contribution >= 4 is 11.9 Å². The van der Waals surface area contributed by atoms with Crippen LogP contribution in [0.3, 0.4) is 0 Å². The van der Waals surface area contributed by atoms with E-state index in [0.29, 0.717) is 24.7 Å². The largest absolute Gasteiger partial charge is 0.493 e. The monoisotopic (exact) mass is 409 g/mol. The van der Waals surface area contributed by atoms with Gasteiger partial charge in [-0.3, -0.25) is 0 Å². The van der Waals surface area contributed by atoms with E-state index in [4.69, 9.17) is 9.47 Å². The Morgan fingerprint density at radius 3 is 2.72 bits per heavy atom. The van der Waals surface area contributed by atoms with Crippen molar-refractivity contribution in [1.82, 2.24) is 9.97 Å². The molecule has 156 valence electrons. The van der Waals surface area contributed by atoms with Crippen molar-refractivity contribution in [1.29, 1.82) is 0 Å². The number of aryl methyl sites for hydroxylation is 2. The molecule has 1 aliphatic heterocycles. The first-order valence-corrected chi connectivity index (χ1v) is 9.17. The second-order valence-corrected chi connectivity index (χ2v) is 7.04. The summed E-state index contributed by atoms with van der Waals surface area (Å²) in [4.78, 5) is 22.3. The first-order chi connectivity index (χ1) is 13.7. The van der Waals surface area contributed by atoms with Crippen LogP contribution in [-0.4, -0.2) is 42.7 Å². The minimum absolute atomic E-state index is 0.0160. The molecule has 2 aromatic rings. The Morgan fingerprint density at radius 1 is 1.28 bits per heavy atom. The molecule has 1 atom stereocenters. The molecule has 0 spiro atoms. The number of halogens is 3. The van der Waals surface area contributed by atoms with Crippen LogP contribution in [0.15, 0.2) is 24.3 Å². The average Bonchev–Trinajstić information content (AvgIpc) is 3.13. The van der Waals surface area contributed by atoms with Gasteiger partial charge in [-0.2, -0.15) is 13.2 Å². The molecule has 0 radical (unpaired) electrons. The van der Waals surface area contributed by atoms with Gasteiger partial charge in [-0.25, -0.2) is 14.8 Å². The molecule has 1 aromatic carbocycles. The van der Waals surface area contributed by atoms with E-state index >= 15 is 0 Å². The zero-order chi connectivity index (χ0) is 21.2. The molecule has 1 aromatic heterocycles. The van der Waals surface area contributed by atoms with E-state index in [1.54, 1.807) is 19.1 Å². The summed E-state index contributed by atoms with van der Waals surface area (Å²) in [7, 11) is 1.28. The Balaban J connectivity index is 1.68. The number of hydrogen-bond acceptors (Lipinski definition) is 6. The van der Waals surface area contributed by atoms with E-state index in [2.05, 4.69) is 9.97 Å². The fraction of sp³-hybridized carbons (Fsp3) is 0.450. The smallest absolute Gasteiger partial charge is 0.420 e. The first kappa shape index (κ1) is 20.9. The minimum atomic E-state index is -4.47. The molecule has 1 aliphatic rings. The van der Waals surface area contributed by atoms with Gasteiger partial charge >= 0.3 is 12.1 Å². The summed E-state index contributed by atoms with van der Waals surface area (Å²) in [5, 5.41) is 0. The second kappa shape index (κ2) is 8.26. The van der Waals surface area contributed by atoms with Crippen LogP contribution >= 0.6 is 0 Å². The normalized spacial score (nSPS) is 16.8. The Hall–Kier alpha value is -2.84. The lowest BCUT2D eigenvalue weighted by Gasteiger charge is -2.19. The van der Waals surface area contributed by atoms with E-state index < -0.39 is 17.7 Å². The Labute approximate surface area is 166 Å². The van der Waals surface area contributed by atoms with Crippen molar-refractivity contribution in [2.75, 3.05) is 31.7 Å². The van der Waals surface area contributed by atoms with Crippen LogP contribution in [0.1, 0.15) is 33.7 Å². The molecule has 3 rings (SSSR count). The molecule has 9 heteroatoms. The number of carbonyl (C=O) groups is 1. The summed E-state index contributed by atoms with van der Waals surface area (Å²) in [6, 6.07) is 5.86. The third-order valence-corrected chi connectivity index (χ3v) is 4.80. The van der Waals surface area contributed by atoms with Gasteiger partial charge < -0.3 is 14.4 Å². The number of anilines is 1. The van der Waals surface area contributed by atoms with Crippen molar-refractivity contribution in [2.24, 2.45) is 5.92 Å². The molecule has 0 bridgehead atoms. The van der Waals surface area contributed by atoms with Crippen molar-refractivity contribution in [3.63, 3.8) is 0 Å². The molecule has 1 saturated heterocycles. The molecule has 0 amide bonds. The van der Waals surface area contributed by atoms with Crippen LogP contribution in [0.25, 0.3) is 0 Å². The molecular weight excluding hydrogens is 387 g/mol. The van der Waals surface area contributed by atoms with Gasteiger partial charge in [0.05, 0.1) is 13.7 Å². The van der Waals surface area contributed by atoms with Crippen LogP contribution in [0.5, 0.6) is 5.75 Å². The molecule has 1 unspecified atom stereocenters. The van der Waals surface area contributed by atoms with Gasteiger partial charge in [-0.05, 0) is 38.0 Å². The van der Waals surface area contributed by atoms with Gasteiger partial charge in [0, 0.05) is 24.7 Å². The highest BCUT2D eigenvalue weighted by Gasteiger charge is 2.36. The van der Waals surface area contributed by atoms with Gasteiger partial charge in [0.2, 0.25) is 5.95 Å². The maximum Gasteiger partial charge on any atom is 0.420 e. The lowest BCUT2D eigenvalue weighted by molar-refractivity contribution is -0.139. The number of nitrogens with zero attached hydrogens (tertiary/aromatic N) is 3. The second-order valence-electron chi connectivity index (χ2n) is 7.04. The van der Waals surface area contributed by atoms with Gasteiger partial charge in [0.25, 0.3) is 0 Å². The molecule has 0 saturated carbocycles. The Kier molecular flexibility index (Phi) is 5.95. The number of benzene rings is 1. The van der Waals surface area contributed by atoms with E-state index in [9.17, 15) is 18.0 Å². The number of rotatable bonds is 5. The van der Waals surface area contributed by atoms with Crippen LogP contribution in [-0.2, 0) is 10.9 Å². The first-order valence-electron chi connectivity index (χ1n) is 9.17. The molecule has 29 heavy (non-hydrogen) atoms. The third-order valence-electron chi connectivity index (χ3n) is 4.80. The van der Waals surface area contributed by atoms with Crippen molar-refractivity contribution < 1.29 is 27.4 Å². The lowest BCUT2D eigenvalue weighted by atomic mass is 10.1. The van der Waals surface area contributed by atoms with Gasteiger partial charge in [-0.15, -0.1) is 0 Å². The highest BCUT2D eigenvalue weighted by molar-refractivity contribution is 5.87. The van der Waals surface area contributed by atoms with Crippen LogP contribution < -0.4 is 9.64 Å². The summed E-state index contributed by atoms with van der Waals surface area (Å²) in [6.45, 7) is 4.47. The van der Waals surface area contributed by atoms with E-state index in [0.717, 1.165) is 6.42 Å². The molecule has 1 fully saturated rings. The molecular formula is C20H22F3N3O3. The predicted molar refractivity (Wildman–Crippen MR) is 100 cm³/mol. The van der Waals surface area contributed by atoms with Crippen LogP contribution in [0, 0.1) is 19.8 Å². The van der Waals surface area contributed by atoms with Crippen molar-refractivity contribution in [3.8, 4) is 5.75 Å². The van der Waals surface area contributed by atoms with Crippen molar-refractivity contribution in [2.45, 2.75) is 26.4 Å². The van der Waals surface area contributed by atoms with Gasteiger partial charge in [0.1, 0.15) is 11.3 Å². The maximum atomic E-state index is 13.3. The molecule has 6 nitrogen and oxygen atoms in total. The zero-order valence-corrected chi connectivity index (χ0v) is 16.4. The number of methoxy groups -OCH3 is 1. The summed E-state index contributed by atoms with van der Waals surface area (Å²) in [5.74, 6) is -0.285. The van der Waals surface area contributed by atoms with Gasteiger partial charge in [-0.1, -0.05) is 12.1 Å². The van der Waals surface area contributed by atoms with Crippen LogP contribution in [0.4, 0.5) is 19.1 Å². The highest BCUT2D eigenvalue weighted by atomic mass is 19.4. The predicted octanol–water partition coefficient (Wildman–Crippen LogP) is 3.80. The fourth-order valence-electron chi connectivity index (χ4n) is 3.39.